The van der Waals surface area contributed by atoms with E-state index in [2.05, 4.69) is 16.7 Å². The van der Waals surface area contributed by atoms with Crippen molar-refractivity contribution in [1.82, 2.24) is 4.90 Å². The number of amides is 1. The van der Waals surface area contributed by atoms with E-state index < -0.39 is 0 Å². The smallest absolute Gasteiger partial charge is 0.226 e. The second-order valence-electron chi connectivity index (χ2n) is 6.59. The first-order chi connectivity index (χ1) is 10.7. The highest BCUT2D eigenvalue weighted by atomic mass is 19.1. The molecule has 2 heterocycles. The maximum atomic E-state index is 13.9. The van der Waals surface area contributed by atoms with Crippen LogP contribution in [0.1, 0.15) is 39.0 Å². The molecule has 2 saturated heterocycles. The van der Waals surface area contributed by atoms with Gasteiger partial charge in [0.25, 0.3) is 0 Å². The topological polar surface area (TPSA) is 23.6 Å². The second-order valence-corrected chi connectivity index (χ2v) is 6.59. The van der Waals surface area contributed by atoms with Gasteiger partial charge in [-0.1, -0.05) is 12.1 Å². The van der Waals surface area contributed by atoms with Crippen molar-refractivity contribution in [2.75, 3.05) is 24.5 Å². The Morgan fingerprint density at radius 3 is 2.50 bits per heavy atom. The minimum Gasteiger partial charge on any atom is -0.369 e. The fraction of sp³-hybridized carbons (Fsp3) is 0.611. The SMILES string of the molecule is CC1CCCCN1C(=O)C1CCN(c2ccccc2F)CC1. The zero-order valence-electron chi connectivity index (χ0n) is 13.3. The second kappa shape index (κ2) is 6.67. The van der Waals surface area contributed by atoms with E-state index in [1.165, 1.54) is 12.5 Å². The van der Waals surface area contributed by atoms with Crippen LogP contribution in [-0.2, 0) is 4.79 Å². The highest BCUT2D eigenvalue weighted by Crippen LogP contribution is 2.28. The molecule has 1 atom stereocenters. The summed E-state index contributed by atoms with van der Waals surface area (Å²) >= 11 is 0. The number of para-hydroxylation sites is 1. The predicted molar refractivity (Wildman–Crippen MR) is 86.4 cm³/mol. The lowest BCUT2D eigenvalue weighted by molar-refractivity contribution is -0.139. The molecular weight excluding hydrogens is 279 g/mol. The Morgan fingerprint density at radius 2 is 1.82 bits per heavy atom. The van der Waals surface area contributed by atoms with Crippen molar-refractivity contribution in [3.05, 3.63) is 30.1 Å². The molecule has 1 aromatic rings. The first-order valence-corrected chi connectivity index (χ1v) is 8.47. The molecule has 2 aliphatic heterocycles. The molecule has 0 N–H and O–H groups in total. The summed E-state index contributed by atoms with van der Waals surface area (Å²) in [6, 6.07) is 7.29. The number of carbonyl (C=O) groups excluding carboxylic acids is 1. The average Bonchev–Trinajstić information content (AvgIpc) is 2.55. The van der Waals surface area contributed by atoms with Crippen LogP contribution >= 0.6 is 0 Å². The molecule has 1 aromatic carbocycles. The molecule has 22 heavy (non-hydrogen) atoms. The summed E-state index contributed by atoms with van der Waals surface area (Å²) in [5.74, 6) is 0.265. The van der Waals surface area contributed by atoms with Crippen molar-refractivity contribution in [3.8, 4) is 0 Å². The van der Waals surface area contributed by atoms with E-state index in [0.717, 1.165) is 45.3 Å². The summed E-state index contributed by atoms with van der Waals surface area (Å²) in [6.07, 6.45) is 5.15. The number of benzene rings is 1. The lowest BCUT2D eigenvalue weighted by Gasteiger charge is -2.39. The van der Waals surface area contributed by atoms with Gasteiger partial charge < -0.3 is 9.80 Å². The average molecular weight is 304 g/mol. The Labute approximate surface area is 132 Å². The third-order valence-corrected chi connectivity index (χ3v) is 5.12. The van der Waals surface area contributed by atoms with Crippen LogP contribution in [0.15, 0.2) is 24.3 Å². The van der Waals surface area contributed by atoms with Crippen LogP contribution in [-0.4, -0.2) is 36.5 Å². The van der Waals surface area contributed by atoms with Gasteiger partial charge in [0.2, 0.25) is 5.91 Å². The maximum absolute atomic E-state index is 13.9. The number of likely N-dealkylation sites (tertiary alicyclic amines) is 1. The van der Waals surface area contributed by atoms with Crippen molar-refractivity contribution in [2.24, 2.45) is 5.92 Å². The van der Waals surface area contributed by atoms with Gasteiger partial charge in [0.1, 0.15) is 5.82 Å². The molecule has 0 spiro atoms. The van der Waals surface area contributed by atoms with Gasteiger partial charge in [-0.3, -0.25) is 4.79 Å². The normalized spacial score (nSPS) is 23.6. The standard InChI is InChI=1S/C18H25FN2O/c1-14-6-4-5-11-21(14)18(22)15-9-12-20(13-10-15)17-8-3-2-7-16(17)19/h2-3,7-8,14-15H,4-6,9-13H2,1H3. The van der Waals surface area contributed by atoms with Crippen molar-refractivity contribution in [1.29, 1.82) is 0 Å². The van der Waals surface area contributed by atoms with Gasteiger partial charge in [-0.15, -0.1) is 0 Å². The summed E-state index contributed by atoms with van der Waals surface area (Å²) in [4.78, 5) is 16.9. The van der Waals surface area contributed by atoms with Gasteiger partial charge in [-0.05, 0) is 51.2 Å². The number of hydrogen-bond acceptors (Lipinski definition) is 2. The highest BCUT2D eigenvalue weighted by molar-refractivity contribution is 5.79. The van der Waals surface area contributed by atoms with E-state index in [1.807, 2.05) is 12.1 Å². The summed E-state index contributed by atoms with van der Waals surface area (Å²) in [5, 5.41) is 0. The van der Waals surface area contributed by atoms with Crippen molar-refractivity contribution >= 4 is 11.6 Å². The zero-order valence-corrected chi connectivity index (χ0v) is 13.3. The van der Waals surface area contributed by atoms with E-state index in [-0.39, 0.29) is 11.7 Å². The quantitative estimate of drug-likeness (QED) is 0.835. The molecule has 0 bridgehead atoms. The third-order valence-electron chi connectivity index (χ3n) is 5.12. The van der Waals surface area contributed by atoms with Gasteiger partial charge in [0, 0.05) is 31.6 Å². The van der Waals surface area contributed by atoms with Crippen LogP contribution in [0.4, 0.5) is 10.1 Å². The fourth-order valence-electron chi connectivity index (χ4n) is 3.74. The van der Waals surface area contributed by atoms with Gasteiger partial charge in [-0.2, -0.15) is 0 Å². The number of nitrogens with zero attached hydrogens (tertiary/aromatic N) is 2. The monoisotopic (exact) mass is 304 g/mol. The minimum absolute atomic E-state index is 0.114. The van der Waals surface area contributed by atoms with Gasteiger partial charge in [0.15, 0.2) is 0 Å². The first kappa shape index (κ1) is 15.3. The van der Waals surface area contributed by atoms with Crippen LogP contribution in [0.25, 0.3) is 0 Å². The Kier molecular flexibility index (Phi) is 4.65. The van der Waals surface area contributed by atoms with E-state index in [0.29, 0.717) is 17.6 Å². The van der Waals surface area contributed by atoms with Gasteiger partial charge >= 0.3 is 0 Å². The third kappa shape index (κ3) is 3.11. The van der Waals surface area contributed by atoms with E-state index >= 15 is 0 Å². The van der Waals surface area contributed by atoms with Crippen molar-refractivity contribution in [2.45, 2.75) is 45.1 Å². The van der Waals surface area contributed by atoms with Crippen molar-refractivity contribution in [3.63, 3.8) is 0 Å². The minimum atomic E-state index is -0.170. The van der Waals surface area contributed by atoms with Crippen LogP contribution in [0, 0.1) is 11.7 Å². The summed E-state index contributed by atoms with van der Waals surface area (Å²) < 4.78 is 13.9. The number of halogens is 1. The molecule has 1 unspecified atom stereocenters. The number of anilines is 1. The molecule has 2 fully saturated rings. The number of rotatable bonds is 2. The Morgan fingerprint density at radius 1 is 1.09 bits per heavy atom. The predicted octanol–water partition coefficient (Wildman–Crippen LogP) is 3.44. The lowest BCUT2D eigenvalue weighted by atomic mass is 9.92. The molecule has 3 nitrogen and oxygen atoms in total. The zero-order chi connectivity index (χ0) is 15.5. The van der Waals surface area contributed by atoms with E-state index in [4.69, 9.17) is 0 Å². The molecule has 3 rings (SSSR count). The molecule has 4 heteroatoms. The molecule has 0 saturated carbocycles. The largest absolute Gasteiger partial charge is 0.369 e. The van der Waals surface area contributed by atoms with E-state index in [1.54, 1.807) is 6.07 Å². The lowest BCUT2D eigenvalue weighted by Crippen LogP contribution is -2.48. The van der Waals surface area contributed by atoms with E-state index in [9.17, 15) is 9.18 Å². The molecule has 0 aromatic heterocycles. The molecule has 0 aliphatic carbocycles. The fourth-order valence-corrected chi connectivity index (χ4v) is 3.74. The van der Waals surface area contributed by atoms with Crippen molar-refractivity contribution < 1.29 is 9.18 Å². The number of piperidine rings is 2. The number of hydrogen-bond donors (Lipinski definition) is 0. The Hall–Kier alpha value is -1.58. The summed E-state index contributed by atoms with van der Waals surface area (Å²) in [5.41, 5.74) is 0.666. The molecular formula is C18H25FN2O. The van der Waals surface area contributed by atoms with Crippen LogP contribution in [0.2, 0.25) is 0 Å². The van der Waals surface area contributed by atoms with Gasteiger partial charge in [0.05, 0.1) is 5.69 Å². The molecule has 2 aliphatic rings. The first-order valence-electron chi connectivity index (χ1n) is 8.47. The molecule has 1 amide bonds. The maximum Gasteiger partial charge on any atom is 0.226 e. The Balaban J connectivity index is 1.59. The van der Waals surface area contributed by atoms with Gasteiger partial charge in [-0.25, -0.2) is 4.39 Å². The number of carbonyl (C=O) groups is 1. The molecule has 0 radical (unpaired) electrons. The molecule has 120 valence electrons. The summed E-state index contributed by atoms with van der Waals surface area (Å²) in [7, 11) is 0. The van der Waals surface area contributed by atoms with Crippen LogP contribution in [0.3, 0.4) is 0 Å². The van der Waals surface area contributed by atoms with Crippen LogP contribution < -0.4 is 4.90 Å². The summed E-state index contributed by atoms with van der Waals surface area (Å²) in [6.45, 7) is 4.60. The van der Waals surface area contributed by atoms with Crippen LogP contribution in [0.5, 0.6) is 0 Å². The highest BCUT2D eigenvalue weighted by Gasteiger charge is 2.32. The Bertz CT molecular complexity index is 526.